The van der Waals surface area contributed by atoms with E-state index in [0.717, 1.165) is 14.0 Å². The second-order valence-electron chi connectivity index (χ2n) is 3.48. The zero-order valence-corrected chi connectivity index (χ0v) is 12.7. The Morgan fingerprint density at radius 1 is 1.35 bits per heavy atom. The number of hydrogen-bond donors (Lipinski definition) is 1. The maximum atomic E-state index is 10.2. The summed E-state index contributed by atoms with van der Waals surface area (Å²) in [6.07, 6.45) is -0.641. The van der Waals surface area contributed by atoms with Crippen molar-refractivity contribution in [1.82, 2.24) is 0 Å². The Bertz CT molecular complexity index is 527. The average molecular weight is 381 g/mol. The fourth-order valence-electron chi connectivity index (χ4n) is 1.51. The summed E-state index contributed by atoms with van der Waals surface area (Å²) in [7, 11) is 1.57. The minimum absolute atomic E-state index is 0.508. The number of rotatable bonds is 3. The van der Waals surface area contributed by atoms with Crippen LogP contribution < -0.4 is 4.74 Å². The first-order chi connectivity index (χ1) is 8.11. The monoisotopic (exact) mass is 380 g/mol. The van der Waals surface area contributed by atoms with Crippen molar-refractivity contribution in [3.05, 3.63) is 48.7 Å². The molecule has 0 saturated heterocycles. The van der Waals surface area contributed by atoms with Gasteiger partial charge in [-0.05, 0) is 57.3 Å². The molecule has 1 atom stereocenters. The fourth-order valence-corrected chi connectivity index (χ4v) is 3.17. The molecule has 1 aromatic heterocycles. The molecule has 0 spiro atoms. The van der Waals surface area contributed by atoms with E-state index in [1.165, 1.54) is 0 Å². The molecule has 0 aliphatic carbocycles. The number of aliphatic hydroxyl groups excluding tert-OH is 1. The molecule has 17 heavy (non-hydrogen) atoms. The van der Waals surface area contributed by atoms with Crippen molar-refractivity contribution in [2.75, 3.05) is 7.11 Å². The highest BCUT2D eigenvalue weighted by Gasteiger charge is 2.13. The van der Waals surface area contributed by atoms with E-state index in [2.05, 4.69) is 22.6 Å². The highest BCUT2D eigenvalue weighted by molar-refractivity contribution is 14.1. The van der Waals surface area contributed by atoms with Crippen molar-refractivity contribution in [2.45, 2.75) is 6.10 Å². The van der Waals surface area contributed by atoms with Gasteiger partial charge in [-0.3, -0.25) is 0 Å². The van der Waals surface area contributed by atoms with Crippen LogP contribution in [-0.2, 0) is 0 Å². The summed E-state index contributed by atoms with van der Waals surface area (Å²) in [5, 5.41) is 12.7. The lowest BCUT2D eigenvalue weighted by Crippen LogP contribution is -1.98. The third-order valence-corrected chi connectivity index (χ3v) is 4.50. The molecule has 0 aliphatic heterocycles. The van der Waals surface area contributed by atoms with E-state index in [-0.39, 0.29) is 0 Å². The summed E-state index contributed by atoms with van der Waals surface area (Å²) in [5.74, 6) is 0.613. The van der Waals surface area contributed by atoms with Gasteiger partial charge < -0.3 is 9.84 Å². The Hall–Kier alpha value is -0.300. The first-order valence-electron chi connectivity index (χ1n) is 4.87. The Morgan fingerprint density at radius 3 is 2.65 bits per heavy atom. The zero-order valence-electron chi connectivity index (χ0n) is 8.98. The van der Waals surface area contributed by atoms with Gasteiger partial charge in [0.1, 0.15) is 11.9 Å². The Kier molecular flexibility index (Phi) is 4.30. The number of methoxy groups -OCH3 is 1. The summed E-state index contributed by atoms with van der Waals surface area (Å²) in [6.45, 7) is 0. The Morgan fingerprint density at radius 2 is 2.12 bits per heavy atom. The molecule has 0 bridgehead atoms. The highest BCUT2D eigenvalue weighted by Crippen LogP contribution is 2.32. The maximum Gasteiger partial charge on any atom is 0.137 e. The molecule has 0 amide bonds. The molecule has 1 unspecified atom stereocenters. The van der Waals surface area contributed by atoms with Crippen LogP contribution in [0, 0.1) is 2.88 Å². The van der Waals surface area contributed by atoms with Gasteiger partial charge in [-0.1, -0.05) is 17.7 Å². The van der Waals surface area contributed by atoms with Crippen LogP contribution in [0.3, 0.4) is 0 Å². The third kappa shape index (κ3) is 2.93. The molecule has 0 aliphatic rings. The first-order valence-corrected chi connectivity index (χ1v) is 7.21. The van der Waals surface area contributed by atoms with Crippen LogP contribution in [0.2, 0.25) is 5.02 Å². The van der Waals surface area contributed by atoms with Crippen LogP contribution in [0.25, 0.3) is 0 Å². The number of aliphatic hydroxyl groups is 1. The molecule has 1 N–H and O–H groups in total. The summed E-state index contributed by atoms with van der Waals surface area (Å²) in [5.41, 5.74) is 1.66. The highest BCUT2D eigenvalue weighted by atomic mass is 127. The van der Waals surface area contributed by atoms with E-state index < -0.39 is 6.10 Å². The summed E-state index contributed by atoms with van der Waals surface area (Å²) in [4.78, 5) is 0. The van der Waals surface area contributed by atoms with Crippen molar-refractivity contribution in [1.29, 1.82) is 0 Å². The predicted octanol–water partition coefficient (Wildman–Crippen LogP) is 4.10. The van der Waals surface area contributed by atoms with E-state index >= 15 is 0 Å². The molecule has 5 heteroatoms. The van der Waals surface area contributed by atoms with Gasteiger partial charge >= 0.3 is 0 Å². The molecule has 1 aromatic carbocycles. The number of ether oxygens (including phenoxy) is 1. The van der Waals surface area contributed by atoms with E-state index in [0.29, 0.717) is 10.8 Å². The molecule has 90 valence electrons. The van der Waals surface area contributed by atoms with Crippen molar-refractivity contribution in [2.24, 2.45) is 0 Å². The van der Waals surface area contributed by atoms with E-state index in [1.54, 1.807) is 30.6 Å². The molecular formula is C12H10ClIO2S. The minimum atomic E-state index is -0.641. The molecule has 0 fully saturated rings. The summed E-state index contributed by atoms with van der Waals surface area (Å²) >= 11 is 9.87. The topological polar surface area (TPSA) is 29.5 Å². The average Bonchev–Trinajstić information content (AvgIpc) is 2.75. The smallest absolute Gasteiger partial charge is 0.137 e. The molecule has 0 radical (unpaired) electrons. The lowest BCUT2D eigenvalue weighted by atomic mass is 10.0. The molecule has 2 nitrogen and oxygen atoms in total. The predicted molar refractivity (Wildman–Crippen MR) is 79.1 cm³/mol. The largest absolute Gasteiger partial charge is 0.495 e. The summed E-state index contributed by atoms with van der Waals surface area (Å²) < 4.78 is 6.23. The van der Waals surface area contributed by atoms with Gasteiger partial charge in [0, 0.05) is 0 Å². The second-order valence-corrected chi connectivity index (χ2v) is 6.69. The van der Waals surface area contributed by atoms with Crippen LogP contribution >= 0.6 is 45.5 Å². The number of benzene rings is 1. The number of hydrogen-bond acceptors (Lipinski definition) is 3. The van der Waals surface area contributed by atoms with Crippen LogP contribution in [0.15, 0.2) is 29.6 Å². The van der Waals surface area contributed by atoms with Gasteiger partial charge in [0.15, 0.2) is 0 Å². The van der Waals surface area contributed by atoms with Gasteiger partial charge in [0.2, 0.25) is 0 Å². The number of halogens is 2. The second kappa shape index (κ2) is 5.56. The third-order valence-electron chi connectivity index (χ3n) is 2.40. The van der Waals surface area contributed by atoms with Crippen molar-refractivity contribution in [3.63, 3.8) is 0 Å². The summed E-state index contributed by atoms with van der Waals surface area (Å²) in [6, 6.07) is 7.28. The quantitative estimate of drug-likeness (QED) is 0.813. The molecular weight excluding hydrogens is 371 g/mol. The van der Waals surface area contributed by atoms with Crippen LogP contribution in [-0.4, -0.2) is 12.2 Å². The first kappa shape index (κ1) is 13.1. The van der Waals surface area contributed by atoms with Gasteiger partial charge in [0.05, 0.1) is 15.0 Å². The van der Waals surface area contributed by atoms with Crippen molar-refractivity contribution >= 4 is 45.5 Å². The maximum absolute atomic E-state index is 10.2. The van der Waals surface area contributed by atoms with Crippen LogP contribution in [0.4, 0.5) is 0 Å². The van der Waals surface area contributed by atoms with Gasteiger partial charge in [-0.25, -0.2) is 0 Å². The molecule has 0 saturated carbocycles. The van der Waals surface area contributed by atoms with E-state index in [9.17, 15) is 5.11 Å². The Labute approximate surface area is 122 Å². The molecule has 1 heterocycles. The molecule has 2 aromatic rings. The van der Waals surface area contributed by atoms with Crippen LogP contribution in [0.1, 0.15) is 17.2 Å². The van der Waals surface area contributed by atoms with E-state index in [4.69, 9.17) is 16.3 Å². The van der Waals surface area contributed by atoms with E-state index in [1.807, 2.05) is 17.5 Å². The standard InChI is InChI=1S/C12H10ClIO2S/c1-16-10-3-2-7(4-9(10)13)12(15)8-5-11(14)17-6-8/h2-6,12,15H,1H3. The van der Waals surface area contributed by atoms with Crippen LogP contribution in [0.5, 0.6) is 5.75 Å². The normalized spacial score (nSPS) is 12.5. The van der Waals surface area contributed by atoms with Crippen molar-refractivity contribution in [3.8, 4) is 5.75 Å². The van der Waals surface area contributed by atoms with Crippen molar-refractivity contribution < 1.29 is 9.84 Å². The zero-order chi connectivity index (χ0) is 12.4. The molecule has 2 rings (SSSR count). The lowest BCUT2D eigenvalue weighted by Gasteiger charge is -2.11. The van der Waals surface area contributed by atoms with Gasteiger partial charge in [-0.2, -0.15) is 0 Å². The SMILES string of the molecule is COc1ccc(C(O)c2csc(I)c2)cc1Cl. The minimum Gasteiger partial charge on any atom is -0.495 e. The van der Waals surface area contributed by atoms with Gasteiger partial charge in [-0.15, -0.1) is 11.3 Å². The fraction of sp³-hybridized carbons (Fsp3) is 0.167. The lowest BCUT2D eigenvalue weighted by molar-refractivity contribution is 0.220. The Balaban J connectivity index is 2.31. The number of thiophene rings is 1. The van der Waals surface area contributed by atoms with Gasteiger partial charge in [0.25, 0.3) is 0 Å².